The first-order valence-electron chi connectivity index (χ1n) is 9.39. The first-order valence-corrected chi connectivity index (χ1v) is 10.7. The number of hydrogen-bond donors (Lipinski definition) is 0. The lowest BCUT2D eigenvalue weighted by Gasteiger charge is -2.16. The molecule has 5 nitrogen and oxygen atoms in total. The van der Waals surface area contributed by atoms with Gasteiger partial charge in [0.25, 0.3) is 0 Å². The molecule has 0 aromatic heterocycles. The molecule has 1 aliphatic rings. The molecule has 3 rings (SSSR count). The maximum atomic E-state index is 12.7. The normalized spacial score (nSPS) is 13.7. The van der Waals surface area contributed by atoms with Crippen molar-refractivity contribution in [3.05, 3.63) is 58.6 Å². The molecule has 0 aliphatic carbocycles. The first kappa shape index (κ1) is 21.4. The van der Waals surface area contributed by atoms with Crippen molar-refractivity contribution < 1.29 is 19.1 Å². The highest BCUT2D eigenvalue weighted by Gasteiger charge is 2.25. The van der Waals surface area contributed by atoms with Gasteiger partial charge in [0.05, 0.1) is 11.4 Å². The molecule has 7 heteroatoms. The third-order valence-electron chi connectivity index (χ3n) is 4.72. The zero-order valence-electron chi connectivity index (χ0n) is 16.3. The predicted molar refractivity (Wildman–Crippen MR) is 115 cm³/mol. The van der Waals surface area contributed by atoms with E-state index in [1.165, 1.54) is 18.7 Å². The van der Waals surface area contributed by atoms with Crippen LogP contribution in [-0.4, -0.2) is 36.1 Å². The van der Waals surface area contributed by atoms with Crippen LogP contribution in [-0.2, 0) is 20.7 Å². The van der Waals surface area contributed by atoms with Crippen LogP contribution in [0.5, 0.6) is 0 Å². The van der Waals surface area contributed by atoms with E-state index in [9.17, 15) is 14.4 Å². The molecule has 0 bridgehead atoms. The van der Waals surface area contributed by atoms with Gasteiger partial charge in [-0.3, -0.25) is 14.4 Å². The van der Waals surface area contributed by atoms with Gasteiger partial charge in [-0.05, 0) is 49.2 Å². The number of benzene rings is 2. The van der Waals surface area contributed by atoms with E-state index in [2.05, 4.69) is 0 Å². The van der Waals surface area contributed by atoms with E-state index < -0.39 is 12.1 Å². The number of esters is 1. The highest BCUT2D eigenvalue weighted by atomic mass is 35.5. The largest absolute Gasteiger partial charge is 0.454 e. The van der Waals surface area contributed by atoms with Gasteiger partial charge in [0.1, 0.15) is 0 Å². The molecule has 0 N–H and O–H groups in total. The maximum Gasteiger partial charge on any atom is 0.307 e. The van der Waals surface area contributed by atoms with Gasteiger partial charge < -0.3 is 9.64 Å². The van der Waals surface area contributed by atoms with E-state index in [1.54, 1.807) is 36.1 Å². The zero-order chi connectivity index (χ0) is 21.0. The number of fused-ring (bicyclic) bond motifs is 1. The second kappa shape index (κ2) is 9.46. The second-order valence-corrected chi connectivity index (χ2v) is 8.33. The van der Waals surface area contributed by atoms with Gasteiger partial charge >= 0.3 is 5.97 Å². The Morgan fingerprint density at radius 1 is 1.21 bits per heavy atom. The summed E-state index contributed by atoms with van der Waals surface area (Å²) in [6.45, 7) is 3.73. The molecule has 2 aromatic rings. The third-order valence-corrected chi connectivity index (χ3v) is 6.23. The summed E-state index contributed by atoms with van der Waals surface area (Å²) in [6.07, 6.45) is 0.0329. The van der Waals surface area contributed by atoms with Crippen molar-refractivity contribution in [1.29, 1.82) is 0 Å². The Kier molecular flexibility index (Phi) is 6.98. The van der Waals surface area contributed by atoms with E-state index >= 15 is 0 Å². The van der Waals surface area contributed by atoms with E-state index in [0.717, 1.165) is 16.1 Å². The van der Waals surface area contributed by atoms with Crippen molar-refractivity contribution in [2.24, 2.45) is 0 Å². The van der Waals surface area contributed by atoms with E-state index in [0.29, 0.717) is 29.3 Å². The van der Waals surface area contributed by atoms with Crippen LogP contribution < -0.4 is 4.90 Å². The Balaban J connectivity index is 1.53. The average Bonchev–Trinajstić information content (AvgIpc) is 3.12. The molecule has 0 radical (unpaired) electrons. The van der Waals surface area contributed by atoms with Crippen LogP contribution in [0.3, 0.4) is 0 Å². The Morgan fingerprint density at radius 2 is 1.97 bits per heavy atom. The molecule has 2 aromatic carbocycles. The number of carbonyl (C=O) groups excluding carboxylic acids is 3. The molecule has 1 aliphatic heterocycles. The average molecular weight is 432 g/mol. The summed E-state index contributed by atoms with van der Waals surface area (Å²) in [5.41, 5.74) is 2.29. The molecule has 152 valence electrons. The molecular formula is C22H22ClNO4S. The van der Waals surface area contributed by atoms with Crippen LogP contribution in [0.25, 0.3) is 0 Å². The number of carbonyl (C=O) groups is 3. The Hall–Kier alpha value is -2.31. The summed E-state index contributed by atoms with van der Waals surface area (Å²) in [5.74, 6) is -0.168. The lowest BCUT2D eigenvalue weighted by molar-refractivity contribution is -0.145. The molecule has 29 heavy (non-hydrogen) atoms. The fraction of sp³-hybridized carbons (Fsp3) is 0.318. The highest BCUT2D eigenvalue weighted by molar-refractivity contribution is 7.99. The molecule has 1 atom stereocenters. The Morgan fingerprint density at radius 3 is 2.69 bits per heavy atom. The second-order valence-electron chi connectivity index (χ2n) is 6.79. The highest BCUT2D eigenvalue weighted by Crippen LogP contribution is 2.30. The fourth-order valence-electron chi connectivity index (χ4n) is 3.23. The van der Waals surface area contributed by atoms with Crippen LogP contribution >= 0.6 is 23.4 Å². The van der Waals surface area contributed by atoms with Crippen LogP contribution in [0, 0.1) is 0 Å². The monoisotopic (exact) mass is 431 g/mol. The van der Waals surface area contributed by atoms with E-state index in [1.807, 2.05) is 18.2 Å². The standard InChI is InChI=1S/C22H22ClNO4S/c1-14(28-21(26)10-12-29-20-6-4-3-5-18(20)23)22(27)17-7-8-19-16(13-17)9-11-24(19)15(2)25/h3-8,13-14H,9-12H2,1-2H3. The summed E-state index contributed by atoms with van der Waals surface area (Å²) in [7, 11) is 0. The molecule has 1 unspecified atom stereocenters. The van der Waals surface area contributed by atoms with Gasteiger partial charge in [-0.2, -0.15) is 0 Å². The van der Waals surface area contributed by atoms with Crippen LogP contribution in [0.4, 0.5) is 5.69 Å². The van der Waals surface area contributed by atoms with Gasteiger partial charge in [-0.1, -0.05) is 23.7 Å². The molecule has 0 saturated carbocycles. The number of thioether (sulfide) groups is 1. The number of Topliss-reactive ketones (excluding diaryl/α,β-unsaturated/α-hetero) is 1. The summed E-state index contributed by atoms with van der Waals surface area (Å²) in [6, 6.07) is 12.7. The van der Waals surface area contributed by atoms with Crippen molar-refractivity contribution >= 4 is 46.7 Å². The van der Waals surface area contributed by atoms with Crippen LogP contribution in [0.2, 0.25) is 5.02 Å². The summed E-state index contributed by atoms with van der Waals surface area (Å²) in [5, 5.41) is 0.648. The topological polar surface area (TPSA) is 63.7 Å². The molecule has 0 fully saturated rings. The number of anilines is 1. The predicted octanol–water partition coefficient (Wildman–Crippen LogP) is 4.55. The number of amides is 1. The zero-order valence-corrected chi connectivity index (χ0v) is 17.9. The Labute approximate surface area is 179 Å². The molecule has 0 saturated heterocycles. The first-order chi connectivity index (χ1) is 13.9. The summed E-state index contributed by atoms with van der Waals surface area (Å²) < 4.78 is 5.31. The number of ketones is 1. The molecular weight excluding hydrogens is 410 g/mol. The van der Waals surface area contributed by atoms with Crippen molar-refractivity contribution in [3.8, 4) is 0 Å². The lowest BCUT2D eigenvalue weighted by Crippen LogP contribution is -2.26. The van der Waals surface area contributed by atoms with E-state index in [-0.39, 0.29) is 18.1 Å². The minimum Gasteiger partial charge on any atom is -0.454 e. The number of nitrogens with zero attached hydrogens (tertiary/aromatic N) is 1. The van der Waals surface area contributed by atoms with Crippen molar-refractivity contribution in [2.45, 2.75) is 37.7 Å². The van der Waals surface area contributed by atoms with E-state index in [4.69, 9.17) is 16.3 Å². The van der Waals surface area contributed by atoms with Gasteiger partial charge in [0, 0.05) is 35.4 Å². The fourth-order valence-corrected chi connectivity index (χ4v) is 4.40. The molecule has 0 spiro atoms. The number of hydrogen-bond acceptors (Lipinski definition) is 5. The van der Waals surface area contributed by atoms with Gasteiger partial charge in [-0.25, -0.2) is 0 Å². The van der Waals surface area contributed by atoms with Crippen LogP contribution in [0.15, 0.2) is 47.4 Å². The summed E-state index contributed by atoms with van der Waals surface area (Å²) >= 11 is 7.57. The van der Waals surface area contributed by atoms with Gasteiger partial charge in [-0.15, -0.1) is 11.8 Å². The van der Waals surface area contributed by atoms with Crippen molar-refractivity contribution in [2.75, 3.05) is 17.2 Å². The smallest absolute Gasteiger partial charge is 0.307 e. The summed E-state index contributed by atoms with van der Waals surface area (Å²) in [4.78, 5) is 39.0. The van der Waals surface area contributed by atoms with Gasteiger partial charge in [0.2, 0.25) is 11.7 Å². The number of rotatable bonds is 7. The van der Waals surface area contributed by atoms with Crippen molar-refractivity contribution in [1.82, 2.24) is 0 Å². The number of halogens is 1. The molecule has 1 amide bonds. The van der Waals surface area contributed by atoms with Crippen LogP contribution in [0.1, 0.15) is 36.2 Å². The maximum absolute atomic E-state index is 12.7. The third kappa shape index (κ3) is 5.19. The quantitative estimate of drug-likeness (QED) is 0.365. The SMILES string of the molecule is CC(=O)N1CCc2cc(C(=O)C(C)OC(=O)CCSc3ccccc3Cl)ccc21. The Bertz CT molecular complexity index is 946. The molecule has 1 heterocycles. The van der Waals surface area contributed by atoms with Crippen molar-refractivity contribution in [3.63, 3.8) is 0 Å². The minimum atomic E-state index is -0.865. The minimum absolute atomic E-state index is 0.0141. The van der Waals surface area contributed by atoms with Gasteiger partial charge in [0.15, 0.2) is 6.10 Å². The number of ether oxygens (including phenoxy) is 1. The lowest BCUT2D eigenvalue weighted by atomic mass is 10.0.